The van der Waals surface area contributed by atoms with Crippen molar-refractivity contribution >= 4 is 39.9 Å². The highest BCUT2D eigenvalue weighted by Crippen LogP contribution is 2.44. The van der Waals surface area contributed by atoms with E-state index in [1.165, 1.54) is 17.9 Å². The molecule has 0 bridgehead atoms. The van der Waals surface area contributed by atoms with E-state index in [4.69, 9.17) is 19.2 Å². The Morgan fingerprint density at radius 1 is 0.966 bits per heavy atom. The van der Waals surface area contributed by atoms with Gasteiger partial charge in [0.2, 0.25) is 5.91 Å². The molecule has 3 aliphatic heterocycles. The molecule has 14 nitrogen and oxygen atoms in total. The van der Waals surface area contributed by atoms with Gasteiger partial charge >= 0.3 is 12.2 Å². The maximum Gasteiger partial charge on any atom is 0.407 e. The third-order valence-corrected chi connectivity index (χ3v) is 11.1. The Bertz CT molecular complexity index is 2310. The van der Waals surface area contributed by atoms with Crippen LogP contribution in [0.5, 0.6) is 5.75 Å². The molecule has 3 aromatic carbocycles. The van der Waals surface area contributed by atoms with Gasteiger partial charge in [0.1, 0.15) is 30.0 Å². The Balaban J connectivity index is 0.00000122. The zero-order valence-corrected chi connectivity index (χ0v) is 34.5. The normalized spacial score (nSPS) is 20.4. The molecule has 2 saturated heterocycles. The number of carbonyl (C=O) groups is 3. The summed E-state index contributed by atoms with van der Waals surface area (Å²) >= 11 is 0. The third kappa shape index (κ3) is 8.07. The molecule has 0 spiro atoms. The van der Waals surface area contributed by atoms with Crippen molar-refractivity contribution in [3.63, 3.8) is 0 Å². The maximum atomic E-state index is 14.0. The van der Waals surface area contributed by atoms with Gasteiger partial charge in [-0.1, -0.05) is 59.7 Å². The SMILES string of the molecule is COC[C@H]1C[C@@H](c2nc3ccc4cc5c(cc4c3[nH]2)OCc2cc(-c3cnc([C@@H]4C[C@H](C)CN4C(=O)O)[nH]3)ccc2-5)N(C(=O)[C@@H](NC(=O)OC)C(C)C)C1.C[C](C)C. The Morgan fingerprint density at radius 3 is 2.43 bits per heavy atom. The average molecular weight is 793 g/mol. The molecular weight excluding hydrogens is 739 g/mol. The minimum Gasteiger partial charge on any atom is -0.488 e. The van der Waals surface area contributed by atoms with Gasteiger partial charge in [0.15, 0.2) is 0 Å². The molecule has 1 radical (unpaired) electrons. The molecule has 0 unspecified atom stereocenters. The summed E-state index contributed by atoms with van der Waals surface area (Å²) in [6.45, 7) is 14.0. The number of aromatic amines is 2. The van der Waals surface area contributed by atoms with E-state index in [0.717, 1.165) is 61.9 Å². The first-order valence-electron chi connectivity index (χ1n) is 19.9. The van der Waals surface area contributed by atoms with Crippen molar-refractivity contribution in [2.24, 2.45) is 17.8 Å². The van der Waals surface area contributed by atoms with Crippen LogP contribution in [0.1, 0.15) is 83.7 Å². The number of fused-ring (bicyclic) bond motifs is 6. The molecule has 5 atom stereocenters. The Kier molecular flexibility index (Phi) is 11.7. The van der Waals surface area contributed by atoms with Gasteiger partial charge in [-0.2, -0.15) is 0 Å². The second-order valence-corrected chi connectivity index (χ2v) is 16.7. The van der Waals surface area contributed by atoms with Crippen molar-refractivity contribution in [1.29, 1.82) is 0 Å². The number of hydrogen-bond donors (Lipinski definition) is 4. The second kappa shape index (κ2) is 16.7. The zero-order chi connectivity index (χ0) is 41.4. The Morgan fingerprint density at radius 2 is 1.72 bits per heavy atom. The molecule has 0 saturated carbocycles. The lowest BCUT2D eigenvalue weighted by Crippen LogP contribution is -2.51. The topological polar surface area (TPSA) is 175 Å². The van der Waals surface area contributed by atoms with Crippen LogP contribution in [0, 0.1) is 23.7 Å². The number of hydrogen-bond acceptors (Lipinski definition) is 8. The van der Waals surface area contributed by atoms with E-state index in [9.17, 15) is 19.5 Å². The molecule has 2 aromatic heterocycles. The molecule has 307 valence electrons. The molecular formula is C44H54N7O7. The van der Waals surface area contributed by atoms with Crippen LogP contribution in [0.2, 0.25) is 0 Å². The molecule has 2 fully saturated rings. The van der Waals surface area contributed by atoms with E-state index < -0.39 is 18.2 Å². The number of nitrogens with zero attached hydrogens (tertiary/aromatic N) is 4. The molecule has 3 amide bonds. The maximum absolute atomic E-state index is 14.0. The van der Waals surface area contributed by atoms with Gasteiger partial charge in [-0.25, -0.2) is 19.6 Å². The predicted molar refractivity (Wildman–Crippen MR) is 221 cm³/mol. The summed E-state index contributed by atoms with van der Waals surface area (Å²) in [6.07, 6.45) is 1.60. The molecule has 8 rings (SSSR count). The summed E-state index contributed by atoms with van der Waals surface area (Å²) in [5.74, 6) is 3.56. The van der Waals surface area contributed by atoms with Gasteiger partial charge in [-0.05, 0) is 76.9 Å². The number of alkyl carbamates (subject to hydrolysis) is 1. The zero-order valence-electron chi connectivity index (χ0n) is 34.5. The summed E-state index contributed by atoms with van der Waals surface area (Å²) < 4.78 is 16.7. The van der Waals surface area contributed by atoms with Gasteiger partial charge in [-0.3, -0.25) is 9.69 Å². The standard InChI is InChI=1S/C40H45N7O7.C4H9/c1-20(2)34(45-39(49)53-5)38(48)46-17-22(18-52-4)11-32(46)37-42-29-9-7-23-13-28-26-8-6-24(12-25(26)19-54-33(28)14-27(23)35(29)44-37)30-15-41-36(43-30)31-10-21(3)16-47(31)40(50)51;1-4(2)3/h6-9,12-15,20-22,31-32,34H,10-11,16-19H2,1-5H3,(H,41,43)(H,42,44)(H,45,49)(H,50,51);1-3H3/t21-,22-,31-,32-,34-;/m0./s1. The molecule has 58 heavy (non-hydrogen) atoms. The number of amides is 3. The Hall–Kier alpha value is -5.63. The number of nitrogens with one attached hydrogen (secondary N) is 3. The highest BCUT2D eigenvalue weighted by Gasteiger charge is 2.42. The van der Waals surface area contributed by atoms with Crippen molar-refractivity contribution in [3.8, 4) is 28.1 Å². The van der Waals surface area contributed by atoms with Crippen molar-refractivity contribution in [3.05, 3.63) is 71.8 Å². The predicted octanol–water partition coefficient (Wildman–Crippen LogP) is 8.26. The van der Waals surface area contributed by atoms with Gasteiger partial charge in [0.25, 0.3) is 0 Å². The average Bonchev–Trinajstić information content (AvgIpc) is 4.01. The monoisotopic (exact) mass is 792 g/mol. The van der Waals surface area contributed by atoms with Crippen molar-refractivity contribution < 1.29 is 33.7 Å². The first-order chi connectivity index (χ1) is 27.8. The number of methoxy groups -OCH3 is 2. The minimum atomic E-state index is -0.928. The minimum absolute atomic E-state index is 0.106. The van der Waals surface area contributed by atoms with E-state index in [2.05, 4.69) is 84.4 Å². The second-order valence-electron chi connectivity index (χ2n) is 16.7. The molecule has 4 N–H and O–H groups in total. The lowest BCUT2D eigenvalue weighted by Gasteiger charge is -2.30. The number of carboxylic acid groups (broad SMARTS) is 1. The highest BCUT2D eigenvalue weighted by atomic mass is 16.5. The lowest BCUT2D eigenvalue weighted by atomic mass is 9.92. The summed E-state index contributed by atoms with van der Waals surface area (Å²) in [5.41, 5.74) is 6.54. The van der Waals surface area contributed by atoms with E-state index >= 15 is 0 Å². The third-order valence-electron chi connectivity index (χ3n) is 11.1. The van der Waals surface area contributed by atoms with E-state index in [1.807, 2.05) is 24.8 Å². The first kappa shape index (κ1) is 40.6. The van der Waals surface area contributed by atoms with Crippen LogP contribution in [0.25, 0.3) is 44.2 Å². The molecule has 3 aliphatic rings. The van der Waals surface area contributed by atoms with Crippen molar-refractivity contribution in [1.82, 2.24) is 35.1 Å². The van der Waals surface area contributed by atoms with Gasteiger partial charge in [0, 0.05) is 37.1 Å². The number of likely N-dealkylation sites (tertiary alicyclic amines) is 2. The van der Waals surface area contributed by atoms with E-state index in [-0.39, 0.29) is 35.7 Å². The number of imidazole rings is 2. The highest BCUT2D eigenvalue weighted by molar-refractivity contribution is 6.07. The van der Waals surface area contributed by atoms with E-state index in [1.54, 1.807) is 13.3 Å². The van der Waals surface area contributed by atoms with E-state index in [0.29, 0.717) is 44.4 Å². The van der Waals surface area contributed by atoms with Gasteiger partial charge < -0.3 is 39.5 Å². The number of rotatable bonds is 8. The summed E-state index contributed by atoms with van der Waals surface area (Å²) in [6, 6.07) is 13.1. The number of carbonyl (C=O) groups excluding carboxylic acids is 2. The van der Waals surface area contributed by atoms with Gasteiger partial charge in [-0.15, -0.1) is 0 Å². The fourth-order valence-corrected chi connectivity index (χ4v) is 8.47. The summed E-state index contributed by atoms with van der Waals surface area (Å²) in [7, 11) is 2.95. The largest absolute Gasteiger partial charge is 0.488 e. The fraction of sp³-hybridized carbons (Fsp3) is 0.455. The number of aromatic nitrogens is 4. The van der Waals surface area contributed by atoms with Crippen LogP contribution in [-0.2, 0) is 20.9 Å². The molecule has 5 heterocycles. The number of H-pyrrole nitrogens is 2. The molecule has 5 aromatic rings. The van der Waals surface area contributed by atoms with Crippen LogP contribution in [0.3, 0.4) is 0 Å². The summed E-state index contributed by atoms with van der Waals surface area (Å²) in [4.78, 5) is 57.8. The molecule has 0 aliphatic carbocycles. The van der Waals surface area contributed by atoms with Crippen LogP contribution < -0.4 is 10.1 Å². The first-order valence-corrected chi connectivity index (χ1v) is 19.9. The van der Waals surface area contributed by atoms with Crippen molar-refractivity contribution in [2.75, 3.05) is 33.9 Å². The van der Waals surface area contributed by atoms with Crippen LogP contribution in [0.4, 0.5) is 9.59 Å². The van der Waals surface area contributed by atoms with Gasteiger partial charge in [0.05, 0.1) is 48.7 Å². The molecule has 14 heteroatoms. The quantitative estimate of drug-likeness (QED) is 0.121. The fourth-order valence-electron chi connectivity index (χ4n) is 8.47. The van der Waals surface area contributed by atoms with Crippen molar-refractivity contribution in [2.45, 2.75) is 79.1 Å². The lowest BCUT2D eigenvalue weighted by molar-refractivity contribution is -0.135. The van der Waals surface area contributed by atoms with Crippen LogP contribution >= 0.6 is 0 Å². The number of ether oxygens (including phenoxy) is 3. The smallest absolute Gasteiger partial charge is 0.407 e. The summed E-state index contributed by atoms with van der Waals surface area (Å²) in [5, 5.41) is 14.4. The Labute approximate surface area is 338 Å². The number of benzene rings is 3. The van der Waals surface area contributed by atoms with Crippen LogP contribution in [-0.4, -0.2) is 92.9 Å². The van der Waals surface area contributed by atoms with Crippen LogP contribution in [0.15, 0.2) is 48.7 Å².